The van der Waals surface area contributed by atoms with Crippen LogP contribution in [0.4, 0.5) is 0 Å². The predicted octanol–water partition coefficient (Wildman–Crippen LogP) is 4.03. The van der Waals surface area contributed by atoms with E-state index in [-0.39, 0.29) is 17.2 Å². The number of aliphatic hydroxyl groups is 1. The quantitative estimate of drug-likeness (QED) is 0.754. The van der Waals surface area contributed by atoms with E-state index in [1.807, 2.05) is 6.92 Å². The molecule has 4 aliphatic carbocycles. The largest absolute Gasteiger partial charge is 0.390 e. The molecule has 1 unspecified atom stereocenters. The summed E-state index contributed by atoms with van der Waals surface area (Å²) >= 11 is 0. The predicted molar refractivity (Wildman–Crippen MR) is 101 cm³/mol. The molecule has 0 aromatic carbocycles. The molecule has 0 heterocycles. The van der Waals surface area contributed by atoms with E-state index < -0.39 is 5.60 Å². The first-order chi connectivity index (χ1) is 12.3. The van der Waals surface area contributed by atoms with Gasteiger partial charge in [0.05, 0.1) is 12.7 Å². The Hall–Kier alpha value is -0.610. The summed E-state index contributed by atoms with van der Waals surface area (Å²) in [5.74, 6) is 4.17. The van der Waals surface area contributed by atoms with Crippen LogP contribution in [-0.2, 0) is 9.63 Å². The molecular formula is C22H37NO3. The first-order valence-electron chi connectivity index (χ1n) is 10.8. The third kappa shape index (κ3) is 2.83. The highest BCUT2D eigenvalue weighted by molar-refractivity contribution is 5.79. The maximum absolute atomic E-state index is 12.9. The summed E-state index contributed by atoms with van der Waals surface area (Å²) < 4.78 is 0. The van der Waals surface area contributed by atoms with Crippen LogP contribution in [0.25, 0.3) is 0 Å². The van der Waals surface area contributed by atoms with Gasteiger partial charge in [0, 0.05) is 13.0 Å². The van der Waals surface area contributed by atoms with Crippen molar-refractivity contribution in [1.82, 2.24) is 5.06 Å². The standard InChI is InChI=1S/C22H37NO3/c1-21(25)11-9-15-14(13-21)5-6-17-16(15)10-12-22(2)18(17)7-8-19(22)20(24)23(3)26-4/h14-19,25H,5-13H2,1-4H3/t14-,15+,16-,17?,18+,19-,21-,22+/m1/s1. The van der Waals surface area contributed by atoms with Crippen LogP contribution in [-0.4, -0.2) is 35.8 Å². The van der Waals surface area contributed by atoms with Gasteiger partial charge in [0.25, 0.3) is 0 Å². The number of carbonyl (C=O) groups excluding carboxylic acids is 1. The van der Waals surface area contributed by atoms with E-state index >= 15 is 0 Å². The van der Waals surface area contributed by atoms with Crippen molar-refractivity contribution in [2.45, 2.75) is 77.2 Å². The van der Waals surface area contributed by atoms with Gasteiger partial charge < -0.3 is 5.11 Å². The van der Waals surface area contributed by atoms with Crippen molar-refractivity contribution in [3.63, 3.8) is 0 Å². The van der Waals surface area contributed by atoms with E-state index in [4.69, 9.17) is 4.84 Å². The van der Waals surface area contributed by atoms with Gasteiger partial charge in [0.2, 0.25) is 5.91 Å². The lowest BCUT2D eigenvalue weighted by Gasteiger charge is -2.56. The SMILES string of the molecule is CON(C)C(=O)[C@H]1CC[C@H]2C3CC[C@@H]4C[C@](C)(O)CC[C@@H]4[C@H]3CC[C@]12C. The van der Waals surface area contributed by atoms with Crippen molar-refractivity contribution >= 4 is 5.91 Å². The number of amides is 1. The zero-order valence-corrected chi connectivity index (χ0v) is 17.0. The minimum absolute atomic E-state index is 0.128. The average Bonchev–Trinajstić information content (AvgIpc) is 2.96. The molecule has 8 atom stereocenters. The molecule has 4 heteroatoms. The van der Waals surface area contributed by atoms with Crippen molar-refractivity contribution < 1.29 is 14.7 Å². The Morgan fingerprint density at radius 3 is 2.46 bits per heavy atom. The second kappa shape index (κ2) is 6.48. The molecule has 1 amide bonds. The number of fused-ring (bicyclic) bond motifs is 5. The smallest absolute Gasteiger partial charge is 0.249 e. The van der Waals surface area contributed by atoms with E-state index in [1.54, 1.807) is 14.2 Å². The van der Waals surface area contributed by atoms with Gasteiger partial charge in [-0.05, 0) is 99.7 Å². The summed E-state index contributed by atoms with van der Waals surface area (Å²) in [6.45, 7) is 4.43. The molecule has 0 aromatic heterocycles. The van der Waals surface area contributed by atoms with Crippen molar-refractivity contribution in [2.24, 2.45) is 40.9 Å². The lowest BCUT2D eigenvalue weighted by atomic mass is 9.49. The molecule has 0 radical (unpaired) electrons. The molecular weight excluding hydrogens is 326 g/mol. The minimum Gasteiger partial charge on any atom is -0.390 e. The molecule has 0 saturated heterocycles. The Bertz CT molecular complexity index is 562. The Labute approximate surface area is 158 Å². The maximum atomic E-state index is 12.9. The molecule has 4 aliphatic rings. The highest BCUT2D eigenvalue weighted by Crippen LogP contribution is 2.64. The second-order valence-corrected chi connectivity index (χ2v) is 10.4. The average molecular weight is 364 g/mol. The van der Waals surface area contributed by atoms with Crippen LogP contribution in [0.15, 0.2) is 0 Å². The van der Waals surface area contributed by atoms with E-state index in [9.17, 15) is 9.90 Å². The molecule has 4 fully saturated rings. The Morgan fingerprint density at radius 2 is 1.73 bits per heavy atom. The first kappa shape index (κ1) is 18.7. The van der Waals surface area contributed by atoms with Crippen molar-refractivity contribution in [3.8, 4) is 0 Å². The number of hydrogen-bond acceptors (Lipinski definition) is 3. The van der Waals surface area contributed by atoms with Gasteiger partial charge in [-0.3, -0.25) is 9.63 Å². The van der Waals surface area contributed by atoms with Crippen molar-refractivity contribution in [1.29, 1.82) is 0 Å². The van der Waals surface area contributed by atoms with Gasteiger partial charge in [0.1, 0.15) is 0 Å². The van der Waals surface area contributed by atoms with Gasteiger partial charge in [-0.1, -0.05) is 6.92 Å². The van der Waals surface area contributed by atoms with E-state index in [0.717, 1.165) is 42.9 Å². The maximum Gasteiger partial charge on any atom is 0.249 e. The topological polar surface area (TPSA) is 49.8 Å². The Balaban J connectivity index is 1.52. The van der Waals surface area contributed by atoms with Crippen LogP contribution >= 0.6 is 0 Å². The van der Waals surface area contributed by atoms with Gasteiger partial charge >= 0.3 is 0 Å². The minimum atomic E-state index is -0.438. The zero-order valence-electron chi connectivity index (χ0n) is 17.0. The van der Waals surface area contributed by atoms with Gasteiger partial charge in [0.15, 0.2) is 0 Å². The highest BCUT2D eigenvalue weighted by atomic mass is 16.7. The lowest BCUT2D eigenvalue weighted by Crippen LogP contribution is -2.51. The summed E-state index contributed by atoms with van der Waals surface area (Å²) in [4.78, 5) is 18.1. The summed E-state index contributed by atoms with van der Waals surface area (Å²) in [7, 11) is 3.34. The molecule has 0 spiro atoms. The van der Waals surface area contributed by atoms with Crippen molar-refractivity contribution in [3.05, 3.63) is 0 Å². The fourth-order valence-electron chi connectivity index (χ4n) is 7.80. The van der Waals surface area contributed by atoms with E-state index in [2.05, 4.69) is 6.92 Å². The monoisotopic (exact) mass is 363 g/mol. The van der Waals surface area contributed by atoms with E-state index in [1.165, 1.54) is 43.6 Å². The second-order valence-electron chi connectivity index (χ2n) is 10.4. The number of hydrogen-bond donors (Lipinski definition) is 1. The molecule has 0 aliphatic heterocycles. The highest BCUT2D eigenvalue weighted by Gasteiger charge is 2.59. The molecule has 0 bridgehead atoms. The molecule has 4 rings (SSSR count). The van der Waals surface area contributed by atoms with Crippen LogP contribution in [0.3, 0.4) is 0 Å². The van der Waals surface area contributed by atoms with Gasteiger partial charge in [-0.25, -0.2) is 5.06 Å². The normalized spacial score (nSPS) is 50.5. The number of rotatable bonds is 2. The van der Waals surface area contributed by atoms with Crippen molar-refractivity contribution in [2.75, 3.05) is 14.2 Å². The molecule has 0 aromatic rings. The molecule has 4 saturated carbocycles. The third-order valence-electron chi connectivity index (χ3n) is 9.12. The molecule has 4 nitrogen and oxygen atoms in total. The van der Waals surface area contributed by atoms with Crippen LogP contribution < -0.4 is 0 Å². The van der Waals surface area contributed by atoms with Gasteiger partial charge in [-0.15, -0.1) is 0 Å². The Kier molecular flexibility index (Phi) is 4.67. The van der Waals surface area contributed by atoms with Crippen LogP contribution in [0.5, 0.6) is 0 Å². The zero-order chi connectivity index (χ0) is 18.7. The summed E-state index contributed by atoms with van der Waals surface area (Å²) in [6.07, 6.45) is 10.5. The van der Waals surface area contributed by atoms with E-state index in [0.29, 0.717) is 5.92 Å². The Morgan fingerprint density at radius 1 is 1.00 bits per heavy atom. The summed E-state index contributed by atoms with van der Waals surface area (Å²) in [6, 6.07) is 0. The molecule has 1 N–H and O–H groups in total. The molecule has 26 heavy (non-hydrogen) atoms. The van der Waals surface area contributed by atoms with Crippen LogP contribution in [0, 0.1) is 40.9 Å². The summed E-state index contributed by atoms with van der Waals surface area (Å²) in [5, 5.41) is 12.0. The van der Waals surface area contributed by atoms with Crippen LogP contribution in [0.1, 0.15) is 71.6 Å². The van der Waals surface area contributed by atoms with Crippen LogP contribution in [0.2, 0.25) is 0 Å². The van der Waals surface area contributed by atoms with Gasteiger partial charge in [-0.2, -0.15) is 0 Å². The third-order valence-corrected chi connectivity index (χ3v) is 9.12. The fraction of sp³-hybridized carbons (Fsp3) is 0.955. The number of hydroxylamine groups is 2. The summed E-state index contributed by atoms with van der Waals surface area (Å²) in [5.41, 5.74) is -0.287. The number of carbonyl (C=O) groups is 1. The molecule has 148 valence electrons. The fourth-order valence-corrected chi connectivity index (χ4v) is 7.80. The first-order valence-corrected chi connectivity index (χ1v) is 10.8. The number of nitrogens with zero attached hydrogens (tertiary/aromatic N) is 1. The lowest BCUT2D eigenvalue weighted by molar-refractivity contribution is -0.180.